The summed E-state index contributed by atoms with van der Waals surface area (Å²) >= 11 is 1.36. The van der Waals surface area contributed by atoms with Crippen LogP contribution in [0, 0.1) is 16.7 Å². The van der Waals surface area contributed by atoms with E-state index < -0.39 is 10.0 Å². The molecule has 1 aromatic heterocycles. The van der Waals surface area contributed by atoms with E-state index in [0.717, 1.165) is 32.1 Å². The van der Waals surface area contributed by atoms with Gasteiger partial charge in [-0.15, -0.1) is 0 Å². The minimum absolute atomic E-state index is 0.0302. The quantitative estimate of drug-likeness (QED) is 0.641. The molecular weight excluding hydrogens is 430 g/mol. The number of sulfonamides is 1. The fraction of sp³-hybridized carbons (Fsp3) is 0.739. The number of pyridine rings is 1. The minimum atomic E-state index is -3.49. The molecule has 4 rings (SSSR count). The van der Waals surface area contributed by atoms with Gasteiger partial charge in [-0.2, -0.15) is 4.31 Å². The molecule has 1 N–H and O–H groups in total. The monoisotopic (exact) mass is 465 g/mol. The Morgan fingerprint density at radius 3 is 2.45 bits per heavy atom. The fourth-order valence-corrected chi connectivity index (χ4v) is 7.95. The third kappa shape index (κ3) is 4.27. The number of aromatic nitrogens is 1. The van der Waals surface area contributed by atoms with E-state index in [1.165, 1.54) is 30.8 Å². The van der Waals surface area contributed by atoms with Gasteiger partial charge < -0.3 is 5.32 Å². The van der Waals surface area contributed by atoms with E-state index in [-0.39, 0.29) is 27.7 Å². The van der Waals surface area contributed by atoms with Gasteiger partial charge in [-0.05, 0) is 61.0 Å². The number of carbonyl (C=O) groups is 1. The van der Waals surface area contributed by atoms with Crippen molar-refractivity contribution in [3.05, 3.63) is 18.3 Å². The summed E-state index contributed by atoms with van der Waals surface area (Å²) in [7, 11) is -3.49. The summed E-state index contributed by atoms with van der Waals surface area (Å²) in [6.07, 6.45) is 8.93. The van der Waals surface area contributed by atoms with Crippen LogP contribution in [0.3, 0.4) is 0 Å². The lowest BCUT2D eigenvalue weighted by Gasteiger charge is -2.39. The van der Waals surface area contributed by atoms with Gasteiger partial charge >= 0.3 is 0 Å². The number of hydrogen-bond donors (Lipinski definition) is 1. The number of nitrogens with zero attached hydrogens (tertiary/aromatic N) is 2. The molecule has 2 aliphatic carbocycles. The zero-order valence-electron chi connectivity index (χ0n) is 18.9. The maximum atomic E-state index is 12.9. The topological polar surface area (TPSA) is 79.4 Å². The molecule has 1 aromatic rings. The minimum Gasteiger partial charge on any atom is -0.352 e. The van der Waals surface area contributed by atoms with Gasteiger partial charge in [0.2, 0.25) is 15.9 Å². The van der Waals surface area contributed by atoms with Crippen molar-refractivity contribution in [2.45, 2.75) is 81.7 Å². The van der Waals surface area contributed by atoms with Gasteiger partial charge in [-0.25, -0.2) is 13.4 Å². The van der Waals surface area contributed by atoms with Gasteiger partial charge in [0.25, 0.3) is 0 Å². The molecule has 0 spiro atoms. The lowest BCUT2D eigenvalue weighted by atomic mass is 9.69. The van der Waals surface area contributed by atoms with Crippen molar-refractivity contribution >= 4 is 27.7 Å². The van der Waals surface area contributed by atoms with Gasteiger partial charge in [0.15, 0.2) is 0 Å². The Hall–Kier alpha value is -1.12. The number of fused-ring (bicyclic) bond motifs is 2. The smallest absolute Gasteiger partial charge is 0.244 e. The first-order valence-corrected chi connectivity index (χ1v) is 14.0. The Kier molecular flexibility index (Phi) is 6.45. The zero-order valence-corrected chi connectivity index (χ0v) is 20.5. The van der Waals surface area contributed by atoms with Crippen LogP contribution in [0.4, 0.5) is 0 Å². The van der Waals surface area contributed by atoms with E-state index in [4.69, 9.17) is 0 Å². The largest absolute Gasteiger partial charge is 0.352 e. The molecule has 1 saturated heterocycles. The van der Waals surface area contributed by atoms with E-state index in [2.05, 4.69) is 31.1 Å². The second kappa shape index (κ2) is 8.67. The molecule has 1 aliphatic heterocycles. The molecule has 6 nitrogen and oxygen atoms in total. The molecule has 3 atom stereocenters. The normalized spacial score (nSPS) is 30.8. The first-order valence-electron chi connectivity index (χ1n) is 11.5. The number of carbonyl (C=O) groups excluding carboxylic acids is 1. The van der Waals surface area contributed by atoms with Gasteiger partial charge in [0.1, 0.15) is 4.90 Å². The molecule has 2 heterocycles. The highest BCUT2D eigenvalue weighted by atomic mass is 32.2. The number of amides is 1. The number of thioether (sulfide) groups is 1. The lowest BCUT2D eigenvalue weighted by Crippen LogP contribution is -2.47. The van der Waals surface area contributed by atoms with E-state index in [0.29, 0.717) is 29.8 Å². The van der Waals surface area contributed by atoms with Crippen molar-refractivity contribution in [1.29, 1.82) is 0 Å². The van der Waals surface area contributed by atoms with Crippen molar-refractivity contribution in [2.75, 3.05) is 18.8 Å². The lowest BCUT2D eigenvalue weighted by molar-refractivity contribution is -0.120. The predicted octanol–water partition coefficient (Wildman–Crippen LogP) is 4.07. The summed E-state index contributed by atoms with van der Waals surface area (Å²) in [4.78, 5) is 17.2. The molecule has 3 aliphatic rings. The number of nitrogens with one attached hydrogen (secondary N) is 1. The molecule has 3 fully saturated rings. The molecular formula is C23H35N3O3S2. The van der Waals surface area contributed by atoms with Crippen molar-refractivity contribution in [1.82, 2.24) is 14.6 Å². The van der Waals surface area contributed by atoms with E-state index in [1.54, 1.807) is 16.4 Å². The van der Waals surface area contributed by atoms with Crippen molar-refractivity contribution in [2.24, 2.45) is 16.7 Å². The third-order valence-corrected chi connectivity index (χ3v) is 11.2. The van der Waals surface area contributed by atoms with Gasteiger partial charge in [0.05, 0.1) is 10.8 Å². The van der Waals surface area contributed by atoms with Crippen LogP contribution in [0.15, 0.2) is 28.3 Å². The van der Waals surface area contributed by atoms with Crippen LogP contribution in [0.25, 0.3) is 0 Å². The third-order valence-electron chi connectivity index (χ3n) is 8.39. The molecule has 0 unspecified atom stereocenters. The fourth-order valence-electron chi connectivity index (χ4n) is 5.83. The highest BCUT2D eigenvalue weighted by Gasteiger charge is 2.61. The maximum absolute atomic E-state index is 12.9. The van der Waals surface area contributed by atoms with Crippen molar-refractivity contribution < 1.29 is 13.2 Å². The van der Waals surface area contributed by atoms with Crippen molar-refractivity contribution in [3.8, 4) is 0 Å². The van der Waals surface area contributed by atoms with Crippen LogP contribution in [0.1, 0.15) is 65.7 Å². The Morgan fingerprint density at radius 1 is 1.19 bits per heavy atom. The standard InChI is InChI=1S/C23H35N3O3S2/c1-22(2)17-10-11-23(22,3)19(14-17)25-20(27)16-30-21-9-8-18(15-24-21)31(28,29)26-12-6-4-5-7-13-26/h8-9,15,17,19H,4-7,10-14,16H2,1-3H3,(H,25,27)/t17-,19-,23-/m0/s1. The average Bonchev–Trinajstić information content (AvgIpc) is 2.97. The molecule has 2 saturated carbocycles. The van der Waals surface area contributed by atoms with Crippen LogP contribution >= 0.6 is 11.8 Å². The summed E-state index contributed by atoms with van der Waals surface area (Å²) < 4.78 is 27.3. The summed E-state index contributed by atoms with van der Waals surface area (Å²) in [6, 6.07) is 3.57. The highest BCUT2D eigenvalue weighted by Crippen LogP contribution is 2.65. The molecule has 8 heteroatoms. The SMILES string of the molecule is CC1(C)[C@H]2CC[C@@]1(C)[C@@H](NC(=O)CSc1ccc(S(=O)(=O)N3CCCCCC3)cn1)C2. The summed E-state index contributed by atoms with van der Waals surface area (Å²) in [5.41, 5.74) is 0.438. The Balaban J connectivity index is 1.32. The zero-order chi connectivity index (χ0) is 22.3. The Labute approximate surface area is 191 Å². The average molecular weight is 466 g/mol. The van der Waals surface area contributed by atoms with E-state index >= 15 is 0 Å². The summed E-state index contributed by atoms with van der Waals surface area (Å²) in [5, 5.41) is 3.94. The summed E-state index contributed by atoms with van der Waals surface area (Å²) in [5.74, 6) is 1.02. The van der Waals surface area contributed by atoms with Crippen LogP contribution in [0.5, 0.6) is 0 Å². The van der Waals surface area contributed by atoms with Crippen molar-refractivity contribution in [3.63, 3.8) is 0 Å². The molecule has 1 amide bonds. The van der Waals surface area contributed by atoms with Crippen LogP contribution in [-0.4, -0.2) is 48.5 Å². The molecule has 0 radical (unpaired) electrons. The molecule has 31 heavy (non-hydrogen) atoms. The summed E-state index contributed by atoms with van der Waals surface area (Å²) in [6.45, 7) is 8.17. The van der Waals surface area contributed by atoms with E-state index in [9.17, 15) is 13.2 Å². The number of rotatable bonds is 6. The molecule has 172 valence electrons. The number of hydrogen-bond acceptors (Lipinski definition) is 5. The van der Waals surface area contributed by atoms with Crippen LogP contribution in [-0.2, 0) is 14.8 Å². The molecule has 0 aromatic carbocycles. The Morgan fingerprint density at radius 2 is 1.90 bits per heavy atom. The first-order chi connectivity index (χ1) is 14.6. The van der Waals surface area contributed by atoms with Gasteiger partial charge in [0, 0.05) is 25.3 Å². The van der Waals surface area contributed by atoms with Gasteiger partial charge in [-0.1, -0.05) is 45.4 Å². The maximum Gasteiger partial charge on any atom is 0.244 e. The molecule has 2 bridgehead atoms. The second-order valence-electron chi connectivity index (χ2n) is 10.2. The predicted molar refractivity (Wildman–Crippen MR) is 123 cm³/mol. The Bertz CT molecular complexity index is 908. The van der Waals surface area contributed by atoms with Gasteiger partial charge in [-0.3, -0.25) is 4.79 Å². The van der Waals surface area contributed by atoms with Crippen LogP contribution in [0.2, 0.25) is 0 Å². The van der Waals surface area contributed by atoms with E-state index in [1.807, 2.05) is 0 Å². The highest BCUT2D eigenvalue weighted by molar-refractivity contribution is 7.99. The first kappa shape index (κ1) is 23.1. The van der Waals surface area contributed by atoms with Crippen LogP contribution < -0.4 is 5.32 Å². The second-order valence-corrected chi connectivity index (χ2v) is 13.1.